The van der Waals surface area contributed by atoms with Crippen molar-refractivity contribution in [2.45, 2.75) is 45.1 Å². The zero-order chi connectivity index (χ0) is 10.6. The fourth-order valence-electron chi connectivity index (χ4n) is 2.62. The van der Waals surface area contributed by atoms with Crippen molar-refractivity contribution in [3.63, 3.8) is 0 Å². The minimum absolute atomic E-state index is 0.262. The number of nitrogens with zero attached hydrogens (tertiary/aromatic N) is 2. The maximum absolute atomic E-state index is 9.05. The Balaban J connectivity index is 2.54. The van der Waals surface area contributed by atoms with E-state index in [1.165, 1.54) is 25.7 Å². The molecule has 3 atom stereocenters. The van der Waals surface area contributed by atoms with Crippen molar-refractivity contribution in [1.29, 1.82) is 5.26 Å². The van der Waals surface area contributed by atoms with Gasteiger partial charge < -0.3 is 4.90 Å². The number of hydrogen-bond acceptors (Lipinski definition) is 2. The first kappa shape index (κ1) is 11.5. The van der Waals surface area contributed by atoms with E-state index >= 15 is 0 Å². The second-order valence-corrected chi connectivity index (χ2v) is 4.73. The fourth-order valence-corrected chi connectivity index (χ4v) is 2.62. The van der Waals surface area contributed by atoms with Crippen molar-refractivity contribution in [2.24, 2.45) is 11.8 Å². The van der Waals surface area contributed by atoms with E-state index in [2.05, 4.69) is 32.0 Å². The van der Waals surface area contributed by atoms with Crippen LogP contribution in [0.4, 0.5) is 0 Å². The molecule has 0 amide bonds. The van der Waals surface area contributed by atoms with Crippen molar-refractivity contribution in [3.05, 3.63) is 0 Å². The quantitative estimate of drug-likeness (QED) is 0.690. The highest BCUT2D eigenvalue weighted by Gasteiger charge is 2.31. The van der Waals surface area contributed by atoms with Crippen molar-refractivity contribution >= 4 is 0 Å². The van der Waals surface area contributed by atoms with Crippen molar-refractivity contribution in [3.8, 4) is 6.07 Å². The molecule has 1 fully saturated rings. The molecule has 2 heteroatoms. The number of rotatable bonds is 3. The van der Waals surface area contributed by atoms with Crippen LogP contribution in [0.3, 0.4) is 0 Å². The molecule has 0 radical (unpaired) electrons. The third-order valence-electron chi connectivity index (χ3n) is 3.45. The summed E-state index contributed by atoms with van der Waals surface area (Å²) in [6.45, 7) is 2.25. The average Bonchev–Trinajstić information content (AvgIpc) is 2.18. The van der Waals surface area contributed by atoms with Gasteiger partial charge in [-0.3, -0.25) is 0 Å². The predicted molar refractivity (Wildman–Crippen MR) is 58.8 cm³/mol. The van der Waals surface area contributed by atoms with Crippen LogP contribution >= 0.6 is 0 Å². The van der Waals surface area contributed by atoms with Crippen LogP contribution in [-0.4, -0.2) is 25.0 Å². The Hall–Kier alpha value is -0.550. The van der Waals surface area contributed by atoms with Gasteiger partial charge in [0.15, 0.2) is 0 Å². The third kappa shape index (κ3) is 2.72. The molecular weight excluding hydrogens is 172 g/mol. The third-order valence-corrected chi connectivity index (χ3v) is 3.45. The molecule has 1 rings (SSSR count). The van der Waals surface area contributed by atoms with E-state index < -0.39 is 0 Å². The van der Waals surface area contributed by atoms with E-state index in [1.54, 1.807) is 0 Å². The Bertz CT molecular complexity index is 205. The van der Waals surface area contributed by atoms with Crippen LogP contribution in [0.1, 0.15) is 39.0 Å². The lowest BCUT2D eigenvalue weighted by molar-refractivity contribution is 0.144. The molecule has 0 aromatic heterocycles. The molecule has 0 aromatic rings. The van der Waals surface area contributed by atoms with Gasteiger partial charge in [-0.15, -0.1) is 0 Å². The first-order valence-electron chi connectivity index (χ1n) is 5.75. The first-order chi connectivity index (χ1) is 6.69. The van der Waals surface area contributed by atoms with Gasteiger partial charge in [0.25, 0.3) is 0 Å². The molecule has 2 nitrogen and oxygen atoms in total. The van der Waals surface area contributed by atoms with E-state index in [9.17, 15) is 0 Å². The monoisotopic (exact) mass is 194 g/mol. The van der Waals surface area contributed by atoms with Crippen molar-refractivity contribution < 1.29 is 0 Å². The summed E-state index contributed by atoms with van der Waals surface area (Å²) in [5, 5.41) is 9.05. The molecule has 14 heavy (non-hydrogen) atoms. The summed E-state index contributed by atoms with van der Waals surface area (Å²) in [6.07, 6.45) is 6.20. The van der Waals surface area contributed by atoms with Gasteiger partial charge in [0.1, 0.15) is 0 Å². The SMILES string of the molecule is CCCC1CCC(C#N)C(N(C)C)C1. The lowest BCUT2D eigenvalue weighted by Crippen LogP contribution is -2.39. The molecule has 3 unspecified atom stereocenters. The maximum Gasteiger partial charge on any atom is 0.0672 e. The van der Waals surface area contributed by atoms with Crippen molar-refractivity contribution in [1.82, 2.24) is 4.90 Å². The molecule has 0 saturated heterocycles. The van der Waals surface area contributed by atoms with Gasteiger partial charge in [-0.2, -0.15) is 5.26 Å². The molecule has 0 aromatic carbocycles. The Morgan fingerprint density at radius 1 is 1.36 bits per heavy atom. The Labute approximate surface area is 87.9 Å². The summed E-state index contributed by atoms with van der Waals surface area (Å²) in [5.74, 6) is 1.12. The van der Waals surface area contributed by atoms with Crippen LogP contribution in [-0.2, 0) is 0 Å². The maximum atomic E-state index is 9.05. The largest absolute Gasteiger partial charge is 0.305 e. The summed E-state index contributed by atoms with van der Waals surface area (Å²) in [7, 11) is 4.20. The standard InChI is InChI=1S/C12H22N2/c1-4-5-10-6-7-11(9-13)12(8-10)14(2)3/h10-12H,4-8H2,1-3H3. The van der Waals surface area contributed by atoms with Crippen LogP contribution in [0.5, 0.6) is 0 Å². The normalized spacial score (nSPS) is 32.9. The molecular formula is C12H22N2. The van der Waals surface area contributed by atoms with Crippen LogP contribution in [0, 0.1) is 23.2 Å². The molecule has 0 spiro atoms. The molecule has 1 aliphatic rings. The van der Waals surface area contributed by atoms with Gasteiger partial charge in [-0.25, -0.2) is 0 Å². The smallest absolute Gasteiger partial charge is 0.0672 e. The minimum Gasteiger partial charge on any atom is -0.305 e. The van der Waals surface area contributed by atoms with E-state index in [4.69, 9.17) is 5.26 Å². The van der Waals surface area contributed by atoms with Crippen LogP contribution in [0.15, 0.2) is 0 Å². The number of hydrogen-bond donors (Lipinski definition) is 0. The summed E-state index contributed by atoms with van der Waals surface area (Å²) in [6, 6.07) is 2.95. The summed E-state index contributed by atoms with van der Waals surface area (Å²) in [5.41, 5.74) is 0. The zero-order valence-electron chi connectivity index (χ0n) is 9.66. The van der Waals surface area contributed by atoms with Gasteiger partial charge in [0.05, 0.1) is 12.0 Å². The molecule has 0 aliphatic heterocycles. The summed E-state index contributed by atoms with van der Waals surface area (Å²) >= 11 is 0. The van der Waals surface area contributed by atoms with Crippen LogP contribution < -0.4 is 0 Å². The average molecular weight is 194 g/mol. The molecule has 1 aliphatic carbocycles. The van der Waals surface area contributed by atoms with Gasteiger partial charge in [-0.05, 0) is 39.3 Å². The first-order valence-corrected chi connectivity index (χ1v) is 5.75. The van der Waals surface area contributed by atoms with E-state index in [1.807, 2.05) is 0 Å². The Morgan fingerprint density at radius 3 is 2.57 bits per heavy atom. The van der Waals surface area contributed by atoms with Crippen LogP contribution in [0.2, 0.25) is 0 Å². The Morgan fingerprint density at radius 2 is 2.07 bits per heavy atom. The van der Waals surface area contributed by atoms with E-state index in [-0.39, 0.29) is 5.92 Å². The topological polar surface area (TPSA) is 27.0 Å². The van der Waals surface area contributed by atoms with E-state index in [0.717, 1.165) is 12.3 Å². The molecule has 1 saturated carbocycles. The zero-order valence-corrected chi connectivity index (χ0v) is 9.66. The molecule has 80 valence electrons. The van der Waals surface area contributed by atoms with Gasteiger partial charge in [0.2, 0.25) is 0 Å². The van der Waals surface area contributed by atoms with E-state index in [0.29, 0.717) is 6.04 Å². The molecule has 0 bridgehead atoms. The summed E-state index contributed by atoms with van der Waals surface area (Å²) in [4.78, 5) is 2.23. The second kappa shape index (κ2) is 5.36. The molecule has 0 N–H and O–H groups in total. The molecule has 0 heterocycles. The highest BCUT2D eigenvalue weighted by molar-refractivity contribution is 4.96. The van der Waals surface area contributed by atoms with Gasteiger partial charge in [-0.1, -0.05) is 19.8 Å². The highest BCUT2D eigenvalue weighted by atomic mass is 15.1. The Kier molecular flexibility index (Phi) is 4.41. The van der Waals surface area contributed by atoms with Crippen molar-refractivity contribution in [2.75, 3.05) is 14.1 Å². The second-order valence-electron chi connectivity index (χ2n) is 4.73. The minimum atomic E-state index is 0.262. The number of nitriles is 1. The lowest BCUT2D eigenvalue weighted by atomic mass is 9.77. The van der Waals surface area contributed by atoms with Gasteiger partial charge >= 0.3 is 0 Å². The summed E-state index contributed by atoms with van der Waals surface area (Å²) < 4.78 is 0. The van der Waals surface area contributed by atoms with Gasteiger partial charge in [0, 0.05) is 6.04 Å². The predicted octanol–water partition coefficient (Wildman–Crippen LogP) is 2.66. The lowest BCUT2D eigenvalue weighted by Gasteiger charge is -2.36. The fraction of sp³-hybridized carbons (Fsp3) is 0.917. The highest BCUT2D eigenvalue weighted by Crippen LogP contribution is 2.33. The van der Waals surface area contributed by atoms with Crippen LogP contribution in [0.25, 0.3) is 0 Å².